The Hall–Kier alpha value is -2.99. The molecule has 3 atom stereocenters. The summed E-state index contributed by atoms with van der Waals surface area (Å²) in [5, 5.41) is 18.7. The first-order valence-corrected chi connectivity index (χ1v) is 12.4. The molecule has 11 heteroatoms. The molecular weight excluding hydrogens is 464 g/mol. The maximum absolute atomic E-state index is 13.8. The molecule has 1 amide bonds. The molecule has 2 bridgehead atoms. The first-order valence-electron chi connectivity index (χ1n) is 10.9. The number of carbonyl (C=O) groups excluding carboxylic acids is 1. The maximum atomic E-state index is 13.8. The number of benzene rings is 2. The summed E-state index contributed by atoms with van der Waals surface area (Å²) in [5.41, 5.74) is -0.0698. The van der Waals surface area contributed by atoms with E-state index in [1.165, 1.54) is 24.3 Å². The second kappa shape index (κ2) is 9.71. The van der Waals surface area contributed by atoms with Crippen molar-refractivity contribution in [2.24, 2.45) is 0 Å². The predicted octanol–water partition coefficient (Wildman–Crippen LogP) is 2.53. The number of carboxylic acid groups (broad SMARTS) is 1. The van der Waals surface area contributed by atoms with Gasteiger partial charge in [0, 0.05) is 19.4 Å². The van der Waals surface area contributed by atoms with Crippen LogP contribution in [0.2, 0.25) is 0 Å². The van der Waals surface area contributed by atoms with Gasteiger partial charge in [0.2, 0.25) is 10.0 Å². The number of para-hydroxylation sites is 1. The van der Waals surface area contributed by atoms with E-state index in [2.05, 4.69) is 0 Å². The largest absolute Gasteiger partial charge is 0.481 e. The Balaban J connectivity index is 1.69. The van der Waals surface area contributed by atoms with E-state index in [1.807, 2.05) is 6.07 Å². The van der Waals surface area contributed by atoms with Crippen LogP contribution in [0.15, 0.2) is 59.5 Å². The fourth-order valence-electron chi connectivity index (χ4n) is 4.72. The molecule has 2 aliphatic heterocycles. The van der Waals surface area contributed by atoms with E-state index < -0.39 is 40.4 Å². The monoisotopic (exact) mass is 490 g/mol. The molecule has 2 heterocycles. The van der Waals surface area contributed by atoms with Gasteiger partial charge < -0.3 is 14.6 Å². The third-order valence-corrected chi connectivity index (χ3v) is 8.23. The van der Waals surface area contributed by atoms with E-state index in [1.54, 1.807) is 29.7 Å². The van der Waals surface area contributed by atoms with Crippen LogP contribution in [0.1, 0.15) is 32.1 Å². The summed E-state index contributed by atoms with van der Waals surface area (Å²) in [6.45, 7) is -0.438. The predicted molar refractivity (Wildman–Crippen MR) is 119 cm³/mol. The minimum absolute atomic E-state index is 0.0178. The van der Waals surface area contributed by atoms with E-state index >= 15 is 0 Å². The van der Waals surface area contributed by atoms with E-state index in [0.29, 0.717) is 24.3 Å². The highest BCUT2D eigenvalue weighted by Crippen LogP contribution is 2.44. The number of hydroxylamine groups is 1. The molecule has 10 nitrogen and oxygen atoms in total. The van der Waals surface area contributed by atoms with Crippen LogP contribution in [0.4, 0.5) is 0 Å². The molecule has 0 aliphatic carbocycles. The van der Waals surface area contributed by atoms with Gasteiger partial charge in [-0.05, 0) is 49.2 Å². The van der Waals surface area contributed by atoms with Gasteiger partial charge in [0.1, 0.15) is 17.0 Å². The van der Waals surface area contributed by atoms with E-state index in [-0.39, 0.29) is 29.9 Å². The van der Waals surface area contributed by atoms with Crippen molar-refractivity contribution in [2.45, 2.75) is 54.7 Å². The normalized spacial score (nSPS) is 24.1. The van der Waals surface area contributed by atoms with Gasteiger partial charge in [-0.3, -0.25) is 14.8 Å². The number of hydrogen-bond acceptors (Lipinski definition) is 7. The van der Waals surface area contributed by atoms with Crippen LogP contribution in [0.25, 0.3) is 0 Å². The van der Waals surface area contributed by atoms with Crippen LogP contribution >= 0.6 is 0 Å². The van der Waals surface area contributed by atoms with Gasteiger partial charge in [0.25, 0.3) is 5.91 Å². The van der Waals surface area contributed by atoms with Gasteiger partial charge in [-0.25, -0.2) is 13.9 Å². The average molecular weight is 491 g/mol. The summed E-state index contributed by atoms with van der Waals surface area (Å²) >= 11 is 0. The molecule has 2 fully saturated rings. The molecule has 0 aromatic heterocycles. The minimum Gasteiger partial charge on any atom is -0.481 e. The van der Waals surface area contributed by atoms with E-state index in [9.17, 15) is 28.3 Å². The molecule has 2 aliphatic rings. The molecular formula is C23H26N2O8S. The number of nitrogens with one attached hydrogen (secondary N) is 1. The Kier molecular flexibility index (Phi) is 6.89. The zero-order valence-electron chi connectivity index (χ0n) is 18.3. The molecule has 1 unspecified atom stereocenters. The van der Waals surface area contributed by atoms with Crippen molar-refractivity contribution >= 4 is 21.9 Å². The lowest BCUT2D eigenvalue weighted by Crippen LogP contribution is -2.64. The number of hydrogen-bond donors (Lipinski definition) is 3. The molecule has 34 heavy (non-hydrogen) atoms. The van der Waals surface area contributed by atoms with E-state index in [4.69, 9.17) is 9.47 Å². The summed E-state index contributed by atoms with van der Waals surface area (Å²) in [6, 6.07) is 14.6. The number of carboxylic acids is 1. The summed E-state index contributed by atoms with van der Waals surface area (Å²) in [4.78, 5) is 24.2. The number of sulfonamides is 1. The van der Waals surface area contributed by atoms with Crippen molar-refractivity contribution in [3.8, 4) is 11.5 Å². The highest BCUT2D eigenvalue weighted by molar-refractivity contribution is 7.89. The van der Waals surface area contributed by atoms with Crippen molar-refractivity contribution in [2.75, 3.05) is 6.54 Å². The second-order valence-electron chi connectivity index (χ2n) is 8.45. The Morgan fingerprint density at radius 2 is 1.62 bits per heavy atom. The number of amides is 1. The fourth-order valence-corrected chi connectivity index (χ4v) is 6.47. The molecule has 0 spiro atoms. The summed E-state index contributed by atoms with van der Waals surface area (Å²) in [5.74, 6) is -1.11. The second-order valence-corrected chi connectivity index (χ2v) is 10.3. The molecule has 2 saturated heterocycles. The van der Waals surface area contributed by atoms with Gasteiger partial charge in [-0.15, -0.1) is 0 Å². The lowest BCUT2D eigenvalue weighted by atomic mass is 9.85. The molecule has 182 valence electrons. The molecule has 0 saturated carbocycles. The molecule has 2 aromatic rings. The average Bonchev–Trinajstić information content (AvgIpc) is 3.17. The van der Waals surface area contributed by atoms with Crippen molar-refractivity contribution < 1.29 is 37.8 Å². The number of fused-ring (bicyclic) bond motifs is 2. The number of aliphatic carboxylic acids is 1. The minimum atomic E-state index is -4.33. The third kappa shape index (κ3) is 4.78. The van der Waals surface area contributed by atoms with Crippen LogP contribution in [-0.2, 0) is 24.3 Å². The van der Waals surface area contributed by atoms with Crippen molar-refractivity contribution in [1.82, 2.24) is 9.79 Å². The summed E-state index contributed by atoms with van der Waals surface area (Å²) in [7, 11) is -4.33. The quantitative estimate of drug-likeness (QED) is 0.360. The topological polar surface area (TPSA) is 142 Å². The first kappa shape index (κ1) is 24.1. The van der Waals surface area contributed by atoms with E-state index in [0.717, 1.165) is 4.31 Å². The highest BCUT2D eigenvalue weighted by atomic mass is 32.2. The smallest absolute Gasteiger partial charge is 0.304 e. The SMILES string of the molecule is O=C(O)CCN(C1(C(=O)NO)C[C@H]2CC[C@@H](C1)O2)S(=O)(=O)c1ccc(Oc2ccccc2)cc1. The Labute approximate surface area is 197 Å². The van der Waals surface area contributed by atoms with Gasteiger partial charge >= 0.3 is 5.97 Å². The molecule has 4 rings (SSSR count). The number of ether oxygens (including phenoxy) is 2. The van der Waals surface area contributed by atoms with Gasteiger partial charge in [-0.1, -0.05) is 18.2 Å². The van der Waals surface area contributed by atoms with Gasteiger partial charge in [0.05, 0.1) is 23.5 Å². The maximum Gasteiger partial charge on any atom is 0.304 e. The Bertz CT molecular complexity index is 1130. The molecule has 2 aromatic carbocycles. The van der Waals surface area contributed by atoms with Gasteiger partial charge in [-0.2, -0.15) is 4.31 Å². The fraction of sp³-hybridized carbons (Fsp3) is 0.391. The molecule has 3 N–H and O–H groups in total. The zero-order chi connectivity index (χ0) is 24.3. The van der Waals surface area contributed by atoms with Crippen molar-refractivity contribution in [1.29, 1.82) is 0 Å². The number of rotatable bonds is 9. The van der Waals surface area contributed by atoms with Crippen LogP contribution in [0.5, 0.6) is 11.5 Å². The van der Waals surface area contributed by atoms with Crippen LogP contribution in [0, 0.1) is 0 Å². The summed E-state index contributed by atoms with van der Waals surface area (Å²) in [6.07, 6.45) is 0.117. The number of carbonyl (C=O) groups is 2. The Morgan fingerprint density at radius 1 is 1.03 bits per heavy atom. The first-order chi connectivity index (χ1) is 16.2. The van der Waals surface area contributed by atoms with Crippen molar-refractivity contribution in [3.63, 3.8) is 0 Å². The molecule has 0 radical (unpaired) electrons. The lowest BCUT2D eigenvalue weighted by molar-refractivity contribution is -0.151. The highest BCUT2D eigenvalue weighted by Gasteiger charge is 2.56. The van der Waals surface area contributed by atoms with Crippen LogP contribution in [-0.4, -0.2) is 59.2 Å². The Morgan fingerprint density at radius 3 is 2.18 bits per heavy atom. The summed E-state index contributed by atoms with van der Waals surface area (Å²) < 4.78 is 40.0. The standard InChI is InChI=1S/C23H26N2O8S/c26-21(27)12-13-25(23(22(28)24-29)14-18-6-7-19(15-23)33-18)34(30,31)20-10-8-17(9-11-20)32-16-4-2-1-3-5-16/h1-5,8-11,18-19,29H,6-7,12-15H2,(H,24,28)(H,26,27)/t18-,19+,23?. The van der Waals surface area contributed by atoms with Crippen LogP contribution in [0.3, 0.4) is 0 Å². The lowest BCUT2D eigenvalue weighted by Gasteiger charge is -2.45. The zero-order valence-corrected chi connectivity index (χ0v) is 19.1. The van der Waals surface area contributed by atoms with Gasteiger partial charge in [0.15, 0.2) is 0 Å². The van der Waals surface area contributed by atoms with Crippen molar-refractivity contribution in [3.05, 3.63) is 54.6 Å². The third-order valence-electron chi connectivity index (χ3n) is 6.25. The number of nitrogens with zero attached hydrogens (tertiary/aromatic N) is 1. The van der Waals surface area contributed by atoms with Crippen LogP contribution < -0.4 is 10.2 Å².